The van der Waals surface area contributed by atoms with E-state index in [1.54, 1.807) is 7.11 Å². The second-order valence-electron chi connectivity index (χ2n) is 9.93. The molecule has 3 aliphatic rings. The van der Waals surface area contributed by atoms with Gasteiger partial charge in [0.15, 0.2) is 0 Å². The van der Waals surface area contributed by atoms with E-state index < -0.39 is 0 Å². The van der Waals surface area contributed by atoms with Gasteiger partial charge in [-0.2, -0.15) is 0 Å². The average molecular weight is 434 g/mol. The molecule has 1 unspecified atom stereocenters. The van der Waals surface area contributed by atoms with Gasteiger partial charge in [-0.25, -0.2) is 0 Å². The number of nitrogens with one attached hydrogen (secondary N) is 1. The third-order valence-corrected chi connectivity index (χ3v) is 7.94. The van der Waals surface area contributed by atoms with Crippen molar-refractivity contribution in [1.29, 1.82) is 0 Å². The molecule has 2 saturated heterocycles. The number of methoxy groups -OCH3 is 1. The lowest BCUT2D eigenvalue weighted by Gasteiger charge is -2.52. The maximum absolute atomic E-state index is 13.4. The molecule has 0 radical (unpaired) electrons. The first kappa shape index (κ1) is 21.3. The number of carbonyl (C=O) groups excluding carboxylic acids is 1. The fourth-order valence-electron chi connectivity index (χ4n) is 5.98. The summed E-state index contributed by atoms with van der Waals surface area (Å²) in [5.41, 5.74) is 2.62. The first-order chi connectivity index (χ1) is 15.7. The minimum absolute atomic E-state index is 0.171. The number of hydrogen-bond acceptors (Lipinski definition) is 4. The van der Waals surface area contributed by atoms with Crippen LogP contribution >= 0.6 is 0 Å². The second-order valence-corrected chi connectivity index (χ2v) is 9.93. The van der Waals surface area contributed by atoms with E-state index in [9.17, 15) is 4.79 Å². The summed E-state index contributed by atoms with van der Waals surface area (Å²) in [6.45, 7) is 4.72. The van der Waals surface area contributed by atoms with Crippen LogP contribution in [0.5, 0.6) is 0 Å². The smallest absolute Gasteiger partial charge is 0.225 e. The second kappa shape index (κ2) is 9.14. The maximum atomic E-state index is 13.4. The van der Waals surface area contributed by atoms with Gasteiger partial charge in [-0.15, -0.1) is 0 Å². The topological polar surface area (TPSA) is 44.8 Å². The molecule has 1 amide bonds. The molecule has 3 fully saturated rings. The Hall–Kier alpha value is -2.53. The summed E-state index contributed by atoms with van der Waals surface area (Å²) >= 11 is 0. The molecule has 5 heteroatoms. The van der Waals surface area contributed by atoms with E-state index in [-0.39, 0.29) is 11.3 Å². The van der Waals surface area contributed by atoms with Crippen molar-refractivity contribution in [2.75, 3.05) is 50.1 Å². The molecule has 1 saturated carbocycles. The summed E-state index contributed by atoms with van der Waals surface area (Å²) in [4.78, 5) is 18.1. The first-order valence-corrected chi connectivity index (χ1v) is 12.1. The molecule has 170 valence electrons. The van der Waals surface area contributed by atoms with Gasteiger partial charge in [0.25, 0.3) is 0 Å². The minimum atomic E-state index is 0.171. The van der Waals surface area contributed by atoms with Gasteiger partial charge in [-0.3, -0.25) is 4.79 Å². The summed E-state index contributed by atoms with van der Waals surface area (Å²) in [6, 6.07) is 21.1. The van der Waals surface area contributed by atoms with E-state index in [2.05, 4.69) is 69.7 Å². The molecule has 1 aliphatic carbocycles. The number of para-hydroxylation sites is 2. The standard InChI is InChI=1S/C27H35N3O2/c1-32-25-14-12-21(13-15-25)26(31)29-17-22(16-28-23-8-4-2-5-9-23)27(18-29)19-30(20-27)24-10-6-3-7-11-24/h2-11,21-22,25,28H,12-20H2,1H3. The van der Waals surface area contributed by atoms with Crippen LogP contribution in [0.25, 0.3) is 0 Å². The van der Waals surface area contributed by atoms with Gasteiger partial charge < -0.3 is 19.9 Å². The van der Waals surface area contributed by atoms with Crippen LogP contribution in [-0.4, -0.2) is 56.7 Å². The molecule has 2 aromatic carbocycles. The normalized spacial score (nSPS) is 26.7. The highest BCUT2D eigenvalue weighted by atomic mass is 16.5. The molecule has 5 rings (SSSR count). The Morgan fingerprint density at radius 1 is 0.969 bits per heavy atom. The highest BCUT2D eigenvalue weighted by Crippen LogP contribution is 2.46. The molecule has 0 bridgehead atoms. The molecule has 1 N–H and O–H groups in total. The van der Waals surface area contributed by atoms with E-state index in [1.807, 2.05) is 6.07 Å². The number of ether oxygens (including phenoxy) is 1. The lowest BCUT2D eigenvalue weighted by Crippen LogP contribution is -2.61. The summed E-state index contributed by atoms with van der Waals surface area (Å²) in [6.07, 6.45) is 4.27. The Kier molecular flexibility index (Phi) is 6.09. The summed E-state index contributed by atoms with van der Waals surface area (Å²) in [5.74, 6) is 1.01. The molecule has 2 heterocycles. The van der Waals surface area contributed by atoms with Gasteiger partial charge in [-0.1, -0.05) is 36.4 Å². The van der Waals surface area contributed by atoms with Gasteiger partial charge in [0.1, 0.15) is 0 Å². The fraction of sp³-hybridized carbons (Fsp3) is 0.519. The van der Waals surface area contributed by atoms with Crippen LogP contribution in [0, 0.1) is 17.3 Å². The Morgan fingerprint density at radius 2 is 1.62 bits per heavy atom. The molecule has 0 aromatic heterocycles. The summed E-state index contributed by atoms with van der Waals surface area (Å²) < 4.78 is 5.51. The molecule has 5 nitrogen and oxygen atoms in total. The van der Waals surface area contributed by atoms with Crippen LogP contribution in [0.1, 0.15) is 25.7 Å². The zero-order valence-electron chi connectivity index (χ0n) is 19.1. The SMILES string of the molecule is COC1CCC(C(=O)N2CC(CNc3ccccc3)C3(C2)CN(c2ccccc2)C3)CC1. The van der Waals surface area contributed by atoms with Crippen molar-refractivity contribution in [2.24, 2.45) is 17.3 Å². The van der Waals surface area contributed by atoms with Crippen LogP contribution in [-0.2, 0) is 9.53 Å². The van der Waals surface area contributed by atoms with Crippen LogP contribution in [0.3, 0.4) is 0 Å². The average Bonchev–Trinajstić information content (AvgIpc) is 3.22. The quantitative estimate of drug-likeness (QED) is 0.739. The van der Waals surface area contributed by atoms with Crippen molar-refractivity contribution < 1.29 is 9.53 Å². The number of nitrogens with zero attached hydrogens (tertiary/aromatic N) is 2. The van der Waals surface area contributed by atoms with E-state index in [1.165, 1.54) is 5.69 Å². The van der Waals surface area contributed by atoms with Crippen molar-refractivity contribution >= 4 is 17.3 Å². The van der Waals surface area contributed by atoms with Crippen LogP contribution in [0.15, 0.2) is 60.7 Å². The van der Waals surface area contributed by atoms with Gasteiger partial charge in [0.2, 0.25) is 5.91 Å². The van der Waals surface area contributed by atoms with Crippen LogP contribution in [0.2, 0.25) is 0 Å². The van der Waals surface area contributed by atoms with Crippen molar-refractivity contribution in [1.82, 2.24) is 4.90 Å². The third kappa shape index (κ3) is 4.23. The fourth-order valence-corrected chi connectivity index (χ4v) is 5.98. The molecule has 2 aliphatic heterocycles. The van der Waals surface area contributed by atoms with E-state index in [0.29, 0.717) is 17.9 Å². The van der Waals surface area contributed by atoms with Crippen molar-refractivity contribution in [3.63, 3.8) is 0 Å². The predicted molar refractivity (Wildman–Crippen MR) is 129 cm³/mol. The largest absolute Gasteiger partial charge is 0.385 e. The number of likely N-dealkylation sites (tertiary alicyclic amines) is 1. The van der Waals surface area contributed by atoms with E-state index in [4.69, 9.17) is 4.74 Å². The summed E-state index contributed by atoms with van der Waals surface area (Å²) in [5, 5.41) is 3.64. The zero-order valence-corrected chi connectivity index (χ0v) is 19.1. The number of amides is 1. The number of carbonyl (C=O) groups is 1. The number of hydrogen-bond donors (Lipinski definition) is 1. The van der Waals surface area contributed by atoms with Crippen LogP contribution < -0.4 is 10.2 Å². The van der Waals surface area contributed by atoms with E-state index >= 15 is 0 Å². The Balaban J connectivity index is 1.27. The van der Waals surface area contributed by atoms with Crippen molar-refractivity contribution in [3.8, 4) is 0 Å². The van der Waals surface area contributed by atoms with Crippen LogP contribution in [0.4, 0.5) is 11.4 Å². The van der Waals surface area contributed by atoms with Crippen molar-refractivity contribution in [2.45, 2.75) is 31.8 Å². The highest BCUT2D eigenvalue weighted by molar-refractivity contribution is 5.79. The van der Waals surface area contributed by atoms with Gasteiger partial charge in [-0.05, 0) is 49.9 Å². The van der Waals surface area contributed by atoms with Gasteiger partial charge in [0.05, 0.1) is 6.10 Å². The van der Waals surface area contributed by atoms with Crippen molar-refractivity contribution in [3.05, 3.63) is 60.7 Å². The monoisotopic (exact) mass is 433 g/mol. The molecule has 32 heavy (non-hydrogen) atoms. The highest BCUT2D eigenvalue weighted by Gasteiger charge is 2.55. The Morgan fingerprint density at radius 3 is 2.28 bits per heavy atom. The lowest BCUT2D eigenvalue weighted by atomic mass is 9.71. The lowest BCUT2D eigenvalue weighted by molar-refractivity contribution is -0.136. The zero-order chi connectivity index (χ0) is 22.0. The number of anilines is 2. The Bertz CT molecular complexity index is 890. The third-order valence-electron chi connectivity index (χ3n) is 7.94. The summed E-state index contributed by atoms with van der Waals surface area (Å²) in [7, 11) is 1.79. The van der Waals surface area contributed by atoms with Gasteiger partial charge in [0, 0.05) is 68.5 Å². The number of rotatable bonds is 6. The molecule has 1 atom stereocenters. The molecule has 1 spiro atoms. The van der Waals surface area contributed by atoms with E-state index in [0.717, 1.165) is 64.1 Å². The molecular weight excluding hydrogens is 398 g/mol. The van der Waals surface area contributed by atoms with Gasteiger partial charge >= 0.3 is 0 Å². The molecule has 2 aromatic rings. The maximum Gasteiger partial charge on any atom is 0.225 e. The predicted octanol–water partition coefficient (Wildman–Crippen LogP) is 4.27. The molecular formula is C27H35N3O2. The first-order valence-electron chi connectivity index (χ1n) is 12.1. The minimum Gasteiger partial charge on any atom is -0.385 e. The number of benzene rings is 2. The Labute approximate surface area is 191 Å².